The van der Waals surface area contributed by atoms with Gasteiger partial charge in [-0.05, 0) is 38.7 Å². The van der Waals surface area contributed by atoms with Crippen molar-refractivity contribution < 1.29 is 37.6 Å². The standard InChI is InChI=1S/C37H44O4Si.V/c1-5-35(39-28-30-18-10-6-11-19-30)36(40-29-31-20-12-7-13-21-31)34(38)26-27-41-42(37(2,3)4,32-22-14-8-15-23-32)33-24-16-9-17-25-33;/h5-26,34-36,38H,27-29H2,1-4H3;/q-2;+2. The molecule has 0 fully saturated rings. The Morgan fingerprint density at radius 3 is 1.51 bits per heavy atom. The Hall–Kier alpha value is -2.48. The molecule has 1 radical (unpaired) electrons. The quantitative estimate of drug-likeness (QED) is 0.120. The Labute approximate surface area is 271 Å². The van der Waals surface area contributed by atoms with E-state index in [-0.39, 0.29) is 30.2 Å². The van der Waals surface area contributed by atoms with Crippen LogP contribution in [0, 0.1) is 12.8 Å². The van der Waals surface area contributed by atoms with E-state index in [1.165, 1.54) is 10.4 Å². The van der Waals surface area contributed by atoms with Gasteiger partial charge in [0.25, 0.3) is 8.32 Å². The van der Waals surface area contributed by atoms with E-state index in [1.807, 2.05) is 92.6 Å². The van der Waals surface area contributed by atoms with Crippen LogP contribution in [0.2, 0.25) is 5.04 Å². The van der Waals surface area contributed by atoms with Crippen LogP contribution >= 0.6 is 0 Å². The van der Waals surface area contributed by atoms with Gasteiger partial charge in [-0.25, -0.2) is 0 Å². The number of hydrogen-bond acceptors (Lipinski definition) is 4. The molecule has 0 aliphatic carbocycles. The van der Waals surface area contributed by atoms with Gasteiger partial charge in [-0.3, -0.25) is 6.42 Å². The summed E-state index contributed by atoms with van der Waals surface area (Å²) in [6, 6.07) is 41.1. The smallest absolute Gasteiger partial charge is 0.440 e. The summed E-state index contributed by atoms with van der Waals surface area (Å²) in [6.07, 6.45) is 1.84. The molecular formula is C37H44O4SiV. The Balaban J connectivity index is 0.00000506. The van der Waals surface area contributed by atoms with E-state index in [4.69, 9.17) is 13.9 Å². The number of benzene rings is 4. The summed E-state index contributed by atoms with van der Waals surface area (Å²) in [6.45, 7) is 9.76. The van der Waals surface area contributed by atoms with E-state index in [1.54, 1.807) is 0 Å². The number of hydrogen-bond donors (Lipinski definition) is 1. The first kappa shape index (κ1) is 35.0. The topological polar surface area (TPSA) is 47.9 Å². The van der Waals surface area contributed by atoms with Crippen molar-refractivity contribution in [3.05, 3.63) is 145 Å². The number of aliphatic hydroxyl groups excluding tert-OH is 1. The minimum Gasteiger partial charge on any atom is -0.440 e. The van der Waals surface area contributed by atoms with Gasteiger partial charge in [-0.2, -0.15) is 6.92 Å². The first-order chi connectivity index (χ1) is 20.3. The molecule has 43 heavy (non-hydrogen) atoms. The van der Waals surface area contributed by atoms with Gasteiger partial charge >= 0.3 is 18.6 Å². The van der Waals surface area contributed by atoms with Gasteiger partial charge in [-0.1, -0.05) is 149 Å². The molecule has 0 aliphatic rings. The molecule has 1 N–H and O–H groups in total. The van der Waals surface area contributed by atoms with Crippen molar-refractivity contribution in [3.63, 3.8) is 0 Å². The van der Waals surface area contributed by atoms with Crippen molar-refractivity contribution in [1.82, 2.24) is 0 Å². The molecule has 3 unspecified atom stereocenters. The minimum atomic E-state index is -2.74. The third-order valence-electron chi connectivity index (χ3n) is 7.61. The fraction of sp³-hybridized carbons (Fsp3) is 0.297. The van der Waals surface area contributed by atoms with Gasteiger partial charge in [-0.15, -0.1) is 0 Å². The van der Waals surface area contributed by atoms with Crippen molar-refractivity contribution in [2.75, 3.05) is 6.61 Å². The Kier molecular flexibility index (Phi) is 13.9. The summed E-state index contributed by atoms with van der Waals surface area (Å²) in [5.74, 6) is 0. The molecule has 0 aliphatic heterocycles. The average molecular weight is 632 g/mol. The molecule has 0 saturated heterocycles. The van der Waals surface area contributed by atoms with Crippen LogP contribution in [-0.2, 0) is 45.7 Å². The second-order valence-electron chi connectivity index (χ2n) is 11.6. The molecule has 3 atom stereocenters. The molecule has 0 spiro atoms. The molecule has 0 heterocycles. The van der Waals surface area contributed by atoms with Crippen molar-refractivity contribution in [2.45, 2.75) is 64.3 Å². The van der Waals surface area contributed by atoms with Gasteiger partial charge in [0.2, 0.25) is 0 Å². The largest absolute Gasteiger partial charge is 2.00 e. The van der Waals surface area contributed by atoms with E-state index in [0.717, 1.165) is 11.1 Å². The van der Waals surface area contributed by atoms with E-state index in [9.17, 15) is 5.11 Å². The van der Waals surface area contributed by atoms with Gasteiger partial charge in [0, 0.05) is 0 Å². The van der Waals surface area contributed by atoms with Crippen molar-refractivity contribution in [3.8, 4) is 0 Å². The summed E-state index contributed by atoms with van der Waals surface area (Å²) >= 11 is 0. The molecule has 4 aromatic rings. The second-order valence-corrected chi connectivity index (χ2v) is 15.9. The predicted octanol–water partition coefficient (Wildman–Crippen LogP) is 6.52. The molecule has 4 rings (SSSR count). The van der Waals surface area contributed by atoms with Crippen LogP contribution in [0.15, 0.2) is 121 Å². The molecule has 6 heteroatoms. The third-order valence-corrected chi connectivity index (χ3v) is 12.6. The van der Waals surface area contributed by atoms with Gasteiger partial charge in [0.1, 0.15) is 0 Å². The molecule has 0 saturated carbocycles. The van der Waals surface area contributed by atoms with E-state index < -0.39 is 26.6 Å². The maximum absolute atomic E-state index is 11.6. The van der Waals surface area contributed by atoms with E-state index >= 15 is 0 Å². The van der Waals surface area contributed by atoms with Crippen LogP contribution in [0.4, 0.5) is 0 Å². The summed E-state index contributed by atoms with van der Waals surface area (Å²) in [5, 5.41) is 13.8. The Morgan fingerprint density at radius 2 is 1.09 bits per heavy atom. The van der Waals surface area contributed by atoms with E-state index in [2.05, 4.69) is 69.3 Å². The predicted molar refractivity (Wildman–Crippen MR) is 174 cm³/mol. The van der Waals surface area contributed by atoms with Crippen LogP contribution < -0.4 is 10.4 Å². The second kappa shape index (κ2) is 17.1. The molecular weight excluding hydrogens is 587 g/mol. The van der Waals surface area contributed by atoms with Crippen molar-refractivity contribution in [2.24, 2.45) is 0 Å². The van der Waals surface area contributed by atoms with Crippen molar-refractivity contribution >= 4 is 18.7 Å². The van der Waals surface area contributed by atoms with Crippen LogP contribution in [-0.4, -0.2) is 38.3 Å². The zero-order valence-electron chi connectivity index (χ0n) is 25.7. The monoisotopic (exact) mass is 631 g/mol. The summed E-state index contributed by atoms with van der Waals surface area (Å²) in [5.41, 5.74) is 2.11. The fourth-order valence-electron chi connectivity index (χ4n) is 5.47. The number of rotatable bonds is 15. The zero-order chi connectivity index (χ0) is 29.8. The van der Waals surface area contributed by atoms with Crippen LogP contribution in [0.5, 0.6) is 0 Å². The molecule has 4 aromatic carbocycles. The Bertz CT molecular complexity index is 1260. The van der Waals surface area contributed by atoms with Gasteiger partial charge < -0.3 is 25.4 Å². The summed E-state index contributed by atoms with van der Waals surface area (Å²) in [7, 11) is -2.74. The van der Waals surface area contributed by atoms with Gasteiger partial charge in [0.15, 0.2) is 0 Å². The molecule has 225 valence electrons. The zero-order valence-corrected chi connectivity index (χ0v) is 28.1. The SMILES string of the molecule is C[CH-]C(OCc1ccccc1)C(OCc1ccccc1)C(O)[CH-]CO[Si](c1ccccc1)(c1ccccc1)C(C)(C)C.[V+2]. The number of ether oxygens (including phenoxy) is 2. The molecule has 0 amide bonds. The maximum atomic E-state index is 11.6. The normalized spacial score (nSPS) is 14.0. The summed E-state index contributed by atoms with van der Waals surface area (Å²) < 4.78 is 19.7. The maximum Gasteiger partial charge on any atom is 2.00 e. The first-order valence-corrected chi connectivity index (χ1v) is 16.6. The number of aliphatic hydroxyl groups is 1. The van der Waals surface area contributed by atoms with Crippen LogP contribution in [0.3, 0.4) is 0 Å². The average Bonchev–Trinajstić information content (AvgIpc) is 3.02. The third kappa shape index (κ3) is 9.26. The minimum absolute atomic E-state index is 0. The van der Waals surface area contributed by atoms with Gasteiger partial charge in [0.05, 0.1) is 19.3 Å². The molecule has 4 nitrogen and oxygen atoms in total. The molecule has 0 bridgehead atoms. The fourth-order valence-corrected chi connectivity index (χ4v) is 9.97. The van der Waals surface area contributed by atoms with Crippen molar-refractivity contribution in [1.29, 1.82) is 0 Å². The van der Waals surface area contributed by atoms with E-state index in [0.29, 0.717) is 13.2 Å². The van der Waals surface area contributed by atoms with Crippen LogP contribution in [0.25, 0.3) is 0 Å². The summed E-state index contributed by atoms with van der Waals surface area (Å²) in [4.78, 5) is 0. The Morgan fingerprint density at radius 1 is 0.674 bits per heavy atom. The first-order valence-electron chi connectivity index (χ1n) is 14.7. The molecule has 0 aromatic heterocycles. The van der Waals surface area contributed by atoms with Crippen LogP contribution in [0.1, 0.15) is 38.8 Å².